The summed E-state index contributed by atoms with van der Waals surface area (Å²) in [5, 5.41) is 11.6. The van der Waals surface area contributed by atoms with Gasteiger partial charge < -0.3 is 15.2 Å². The molecule has 0 unspecified atom stereocenters. The largest absolute Gasteiger partial charge is 0.483 e. The molecule has 4 nitrogen and oxygen atoms in total. The van der Waals surface area contributed by atoms with Crippen LogP contribution in [-0.2, 0) is 11.4 Å². The first-order chi connectivity index (χ1) is 8.17. The van der Waals surface area contributed by atoms with Crippen LogP contribution in [0, 0.1) is 12.3 Å². The van der Waals surface area contributed by atoms with Crippen LogP contribution < -0.4 is 10.1 Å². The molecule has 0 spiro atoms. The fourth-order valence-electron chi connectivity index (χ4n) is 1.16. The summed E-state index contributed by atoms with van der Waals surface area (Å²) in [4.78, 5) is 11.2. The van der Waals surface area contributed by atoms with Gasteiger partial charge in [-0.25, -0.2) is 0 Å². The summed E-state index contributed by atoms with van der Waals surface area (Å²) in [7, 11) is 0. The van der Waals surface area contributed by atoms with Crippen molar-refractivity contribution in [1.82, 2.24) is 5.32 Å². The molecule has 1 aromatic carbocycles. The van der Waals surface area contributed by atoms with Gasteiger partial charge in [0.1, 0.15) is 5.75 Å². The van der Waals surface area contributed by atoms with Gasteiger partial charge in [0.2, 0.25) is 0 Å². The number of halogens is 1. The van der Waals surface area contributed by atoms with Crippen LogP contribution in [0.1, 0.15) is 5.56 Å². The first-order valence-corrected chi connectivity index (χ1v) is 5.69. The van der Waals surface area contributed by atoms with Gasteiger partial charge in [0.25, 0.3) is 5.91 Å². The molecule has 0 saturated carbocycles. The first-order valence-electron chi connectivity index (χ1n) is 4.89. The van der Waals surface area contributed by atoms with Crippen molar-refractivity contribution in [1.29, 1.82) is 0 Å². The van der Waals surface area contributed by atoms with E-state index >= 15 is 0 Å². The molecule has 2 N–H and O–H groups in total. The lowest BCUT2D eigenvalue weighted by molar-refractivity contribution is -0.122. The molecule has 17 heavy (non-hydrogen) atoms. The topological polar surface area (TPSA) is 58.6 Å². The van der Waals surface area contributed by atoms with Crippen LogP contribution in [0.3, 0.4) is 0 Å². The Morgan fingerprint density at radius 3 is 3.00 bits per heavy atom. The number of amides is 1. The van der Waals surface area contributed by atoms with Gasteiger partial charge in [0.05, 0.1) is 13.2 Å². The zero-order valence-electron chi connectivity index (χ0n) is 9.07. The van der Waals surface area contributed by atoms with E-state index in [4.69, 9.17) is 16.3 Å². The van der Waals surface area contributed by atoms with Crippen molar-refractivity contribution in [3.63, 3.8) is 0 Å². The average molecular weight is 298 g/mol. The third kappa shape index (κ3) is 4.47. The highest BCUT2D eigenvalue weighted by atomic mass is 79.9. The minimum absolute atomic E-state index is 0.129. The van der Waals surface area contributed by atoms with Crippen LogP contribution in [0.2, 0.25) is 0 Å². The van der Waals surface area contributed by atoms with Crippen LogP contribution in [-0.4, -0.2) is 24.2 Å². The second kappa shape index (κ2) is 6.94. The molecule has 0 fully saturated rings. The molecular weight excluding hydrogens is 286 g/mol. The first kappa shape index (κ1) is 13.6. The molecule has 0 aliphatic carbocycles. The number of carbonyl (C=O) groups excluding carboxylic acids is 1. The average Bonchev–Trinajstić information content (AvgIpc) is 2.34. The highest BCUT2D eigenvalue weighted by molar-refractivity contribution is 9.10. The van der Waals surface area contributed by atoms with Crippen molar-refractivity contribution in [2.75, 3.05) is 13.2 Å². The number of rotatable bonds is 5. The van der Waals surface area contributed by atoms with Crippen molar-refractivity contribution >= 4 is 21.8 Å². The standard InChI is InChI=1S/C12H12BrNO3/c1-2-5-14-12(16)8-17-11-4-3-10(13)6-9(11)7-15/h1,3-4,6,15H,5,7-8H2,(H,14,16). The van der Waals surface area contributed by atoms with Crippen molar-refractivity contribution in [3.8, 4) is 18.1 Å². The van der Waals surface area contributed by atoms with E-state index in [1.165, 1.54) is 0 Å². The number of terminal acetylenes is 1. The Morgan fingerprint density at radius 1 is 1.59 bits per heavy atom. The van der Waals surface area contributed by atoms with Crippen molar-refractivity contribution in [3.05, 3.63) is 28.2 Å². The molecule has 0 aliphatic heterocycles. The normalized spacial score (nSPS) is 9.47. The maximum atomic E-state index is 11.2. The fraction of sp³-hybridized carbons (Fsp3) is 0.250. The van der Waals surface area contributed by atoms with Crippen LogP contribution in [0.5, 0.6) is 5.75 Å². The van der Waals surface area contributed by atoms with Crippen LogP contribution in [0.4, 0.5) is 0 Å². The van der Waals surface area contributed by atoms with E-state index in [1.807, 2.05) is 0 Å². The van der Waals surface area contributed by atoms with Crippen molar-refractivity contribution < 1.29 is 14.6 Å². The van der Waals surface area contributed by atoms with Gasteiger partial charge in [0.15, 0.2) is 6.61 Å². The third-order valence-corrected chi connectivity index (χ3v) is 2.43. The predicted molar refractivity (Wildman–Crippen MR) is 67.4 cm³/mol. The predicted octanol–water partition coefficient (Wildman–Crippen LogP) is 1.07. The lowest BCUT2D eigenvalue weighted by atomic mass is 10.2. The second-order valence-corrected chi connectivity index (χ2v) is 4.10. The molecule has 0 bridgehead atoms. The molecule has 0 atom stereocenters. The summed E-state index contributed by atoms with van der Waals surface area (Å²) in [5.41, 5.74) is 0.615. The van der Waals surface area contributed by atoms with E-state index in [2.05, 4.69) is 27.2 Å². The van der Waals surface area contributed by atoms with E-state index in [1.54, 1.807) is 18.2 Å². The second-order valence-electron chi connectivity index (χ2n) is 3.18. The molecule has 1 rings (SSSR count). The van der Waals surface area contributed by atoms with E-state index in [9.17, 15) is 4.79 Å². The van der Waals surface area contributed by atoms with Gasteiger partial charge in [0, 0.05) is 10.0 Å². The molecular formula is C12H12BrNO3. The number of ether oxygens (including phenoxy) is 1. The molecule has 0 radical (unpaired) electrons. The van der Waals surface area contributed by atoms with E-state index in [-0.39, 0.29) is 25.7 Å². The quantitative estimate of drug-likeness (QED) is 0.800. The number of hydrogen-bond donors (Lipinski definition) is 2. The SMILES string of the molecule is C#CCNC(=O)COc1ccc(Br)cc1CO. The number of benzene rings is 1. The molecule has 0 saturated heterocycles. The van der Waals surface area contributed by atoms with Crippen LogP contribution in [0.15, 0.2) is 22.7 Å². The van der Waals surface area contributed by atoms with Crippen molar-refractivity contribution in [2.45, 2.75) is 6.61 Å². The van der Waals surface area contributed by atoms with Gasteiger partial charge >= 0.3 is 0 Å². The molecule has 90 valence electrons. The monoisotopic (exact) mass is 297 g/mol. The minimum atomic E-state index is -0.297. The Hall–Kier alpha value is -1.51. The van der Waals surface area contributed by atoms with E-state index in [0.29, 0.717) is 11.3 Å². The Labute approximate surface area is 108 Å². The molecule has 5 heteroatoms. The number of aliphatic hydroxyl groups excluding tert-OH is 1. The minimum Gasteiger partial charge on any atom is -0.483 e. The third-order valence-electron chi connectivity index (χ3n) is 1.94. The zero-order valence-corrected chi connectivity index (χ0v) is 10.7. The molecule has 1 amide bonds. The van der Waals surface area contributed by atoms with Gasteiger partial charge in [-0.1, -0.05) is 21.9 Å². The van der Waals surface area contributed by atoms with Gasteiger partial charge in [-0.2, -0.15) is 0 Å². The van der Waals surface area contributed by atoms with Gasteiger partial charge in [-0.15, -0.1) is 6.42 Å². The lowest BCUT2D eigenvalue weighted by Crippen LogP contribution is -2.29. The van der Waals surface area contributed by atoms with Crippen LogP contribution >= 0.6 is 15.9 Å². The summed E-state index contributed by atoms with van der Waals surface area (Å²) in [6.45, 7) is -0.105. The summed E-state index contributed by atoms with van der Waals surface area (Å²) < 4.78 is 6.12. The highest BCUT2D eigenvalue weighted by Crippen LogP contribution is 2.23. The zero-order chi connectivity index (χ0) is 12.7. The highest BCUT2D eigenvalue weighted by Gasteiger charge is 2.06. The fourth-order valence-corrected chi connectivity index (χ4v) is 1.56. The Morgan fingerprint density at radius 2 is 2.35 bits per heavy atom. The number of nitrogens with one attached hydrogen (secondary N) is 1. The summed E-state index contributed by atoms with van der Waals surface area (Å²) >= 11 is 3.28. The number of hydrogen-bond acceptors (Lipinski definition) is 3. The van der Waals surface area contributed by atoms with Crippen molar-refractivity contribution in [2.24, 2.45) is 0 Å². The molecule has 0 aromatic heterocycles. The van der Waals surface area contributed by atoms with E-state index < -0.39 is 0 Å². The maximum absolute atomic E-state index is 11.2. The van der Waals surface area contributed by atoms with Gasteiger partial charge in [-0.3, -0.25) is 4.79 Å². The maximum Gasteiger partial charge on any atom is 0.258 e. The summed E-state index contributed by atoms with van der Waals surface area (Å²) in [6.07, 6.45) is 5.00. The molecule has 1 aromatic rings. The summed E-state index contributed by atoms with van der Waals surface area (Å²) in [5.74, 6) is 2.47. The Balaban J connectivity index is 2.57. The van der Waals surface area contributed by atoms with E-state index in [0.717, 1.165) is 4.47 Å². The smallest absolute Gasteiger partial charge is 0.258 e. The molecule has 0 aliphatic rings. The summed E-state index contributed by atoms with van der Waals surface area (Å²) in [6, 6.07) is 5.19. The number of carbonyl (C=O) groups is 1. The lowest BCUT2D eigenvalue weighted by Gasteiger charge is -2.10. The number of aliphatic hydroxyl groups is 1. The Bertz CT molecular complexity index is 440. The Kier molecular flexibility index (Phi) is 5.53. The molecule has 0 heterocycles. The van der Waals surface area contributed by atoms with Gasteiger partial charge in [-0.05, 0) is 18.2 Å². The van der Waals surface area contributed by atoms with Crippen LogP contribution in [0.25, 0.3) is 0 Å².